The molecule has 0 aliphatic rings. The normalized spacial score (nSPS) is 12.5. The fourth-order valence-electron chi connectivity index (χ4n) is 2.59. The van der Waals surface area contributed by atoms with E-state index in [9.17, 15) is 23.1 Å². The van der Waals surface area contributed by atoms with E-state index >= 15 is 0 Å². The summed E-state index contributed by atoms with van der Waals surface area (Å²) in [4.78, 5) is 16.3. The molecule has 2 amide bonds. The summed E-state index contributed by atoms with van der Waals surface area (Å²) in [6.45, 7) is -1.33. The number of aliphatic hydroxyl groups is 1. The van der Waals surface area contributed by atoms with Gasteiger partial charge in [0.15, 0.2) is 0 Å². The van der Waals surface area contributed by atoms with Crippen LogP contribution in [0.5, 0.6) is 5.88 Å². The molecule has 160 valence electrons. The number of alkyl halides is 3. The van der Waals surface area contributed by atoms with Crippen LogP contribution in [0.25, 0.3) is 10.9 Å². The van der Waals surface area contributed by atoms with E-state index in [0.717, 1.165) is 5.56 Å². The van der Waals surface area contributed by atoms with E-state index in [2.05, 4.69) is 30.6 Å². The number of H-pyrrole nitrogens is 1. The lowest BCUT2D eigenvalue weighted by Crippen LogP contribution is -2.34. The molecule has 0 aliphatic heterocycles. The van der Waals surface area contributed by atoms with E-state index in [1.165, 1.54) is 12.3 Å². The molecular formula is C18H18F3N5O4. The first kappa shape index (κ1) is 21.3. The maximum absolute atomic E-state index is 12.2. The second kappa shape index (κ2) is 9.41. The number of pyridine rings is 1. The van der Waals surface area contributed by atoms with Gasteiger partial charge < -0.3 is 15.2 Å². The van der Waals surface area contributed by atoms with Gasteiger partial charge in [-0.1, -0.05) is 30.3 Å². The number of nitrogens with zero attached hydrogens (tertiary/aromatic N) is 2. The Labute approximate surface area is 168 Å². The largest absolute Gasteiger partial charge is 0.522 e. The van der Waals surface area contributed by atoms with Gasteiger partial charge in [-0.15, -0.1) is 18.3 Å². The summed E-state index contributed by atoms with van der Waals surface area (Å²) in [5, 5.41) is 21.6. The number of rotatable bonds is 8. The molecule has 2 aromatic heterocycles. The van der Waals surface area contributed by atoms with E-state index in [-0.39, 0.29) is 24.9 Å². The second-order valence-corrected chi connectivity index (χ2v) is 6.03. The van der Waals surface area contributed by atoms with E-state index in [1.807, 2.05) is 6.07 Å². The third kappa shape index (κ3) is 5.81. The quantitative estimate of drug-likeness (QED) is 0.412. The Hall–Kier alpha value is -3.38. The molecule has 2 heterocycles. The zero-order chi connectivity index (χ0) is 21.6. The van der Waals surface area contributed by atoms with Crippen molar-refractivity contribution < 1.29 is 32.5 Å². The number of carbonyl (C=O) groups is 1. The SMILES string of the molecule is O=C(Nc1cc2[nH]nc(OCCOC(F)(F)F)c2cn1)N[C@H](CO)c1ccccc1. The van der Waals surface area contributed by atoms with Crippen LogP contribution in [0, 0.1) is 0 Å². The van der Waals surface area contributed by atoms with Crippen molar-refractivity contribution in [2.24, 2.45) is 0 Å². The van der Waals surface area contributed by atoms with Crippen molar-refractivity contribution in [2.45, 2.75) is 12.4 Å². The molecular weight excluding hydrogens is 407 g/mol. The molecule has 0 radical (unpaired) electrons. The highest BCUT2D eigenvalue weighted by Gasteiger charge is 2.28. The molecule has 0 fully saturated rings. The summed E-state index contributed by atoms with van der Waals surface area (Å²) in [5.41, 5.74) is 1.19. The maximum atomic E-state index is 12.2. The van der Waals surface area contributed by atoms with Crippen molar-refractivity contribution in [1.29, 1.82) is 0 Å². The Bertz CT molecular complexity index is 981. The van der Waals surface area contributed by atoms with Gasteiger partial charge in [0.25, 0.3) is 0 Å². The molecule has 3 rings (SSSR count). The van der Waals surface area contributed by atoms with Gasteiger partial charge in [-0.25, -0.2) is 9.78 Å². The smallest absolute Gasteiger partial charge is 0.474 e. The van der Waals surface area contributed by atoms with Gasteiger partial charge in [-0.05, 0) is 5.56 Å². The Morgan fingerprint density at radius 1 is 1.23 bits per heavy atom. The van der Waals surface area contributed by atoms with Crippen LogP contribution in [-0.2, 0) is 4.74 Å². The Balaban J connectivity index is 1.58. The standard InChI is InChI=1S/C18H18F3N5O4/c19-18(20,21)30-7-6-29-16-12-9-22-15(8-13(12)25-26-16)24-17(28)23-14(10-27)11-4-2-1-3-5-11/h1-5,8-9,14,27H,6-7,10H2,(H,25,26)(H2,22,23,24,28)/t14-/m1/s1. The number of aromatic amines is 1. The molecule has 0 saturated heterocycles. The van der Waals surface area contributed by atoms with Crippen LogP contribution in [-0.4, -0.2) is 52.5 Å². The Kier molecular flexibility index (Phi) is 6.69. The number of nitrogens with one attached hydrogen (secondary N) is 3. The summed E-state index contributed by atoms with van der Waals surface area (Å²) in [6, 6.07) is 9.26. The molecule has 0 spiro atoms. The molecule has 0 saturated carbocycles. The molecule has 1 atom stereocenters. The van der Waals surface area contributed by atoms with Gasteiger partial charge in [0.05, 0.1) is 30.2 Å². The molecule has 9 nitrogen and oxygen atoms in total. The van der Waals surface area contributed by atoms with E-state index in [1.54, 1.807) is 24.3 Å². The average Bonchev–Trinajstić information content (AvgIpc) is 3.11. The summed E-state index contributed by atoms with van der Waals surface area (Å²) in [5.74, 6) is 0.254. The van der Waals surface area contributed by atoms with Crippen LogP contribution in [0.2, 0.25) is 0 Å². The van der Waals surface area contributed by atoms with Crippen LogP contribution in [0.3, 0.4) is 0 Å². The Morgan fingerprint density at radius 2 is 2.00 bits per heavy atom. The van der Waals surface area contributed by atoms with Crippen LogP contribution in [0.4, 0.5) is 23.8 Å². The van der Waals surface area contributed by atoms with Gasteiger partial charge >= 0.3 is 12.4 Å². The molecule has 12 heteroatoms. The number of hydrogen-bond acceptors (Lipinski definition) is 6. The highest BCUT2D eigenvalue weighted by molar-refractivity contribution is 5.92. The van der Waals surface area contributed by atoms with Gasteiger partial charge in [-0.2, -0.15) is 0 Å². The monoisotopic (exact) mass is 425 g/mol. The van der Waals surface area contributed by atoms with Crippen LogP contribution in [0.1, 0.15) is 11.6 Å². The zero-order valence-electron chi connectivity index (χ0n) is 15.4. The number of aromatic nitrogens is 3. The molecule has 0 bridgehead atoms. The minimum atomic E-state index is -4.73. The average molecular weight is 425 g/mol. The van der Waals surface area contributed by atoms with Crippen LogP contribution in [0.15, 0.2) is 42.6 Å². The van der Waals surface area contributed by atoms with Crippen molar-refractivity contribution >= 4 is 22.8 Å². The lowest BCUT2D eigenvalue weighted by molar-refractivity contribution is -0.325. The highest BCUT2D eigenvalue weighted by Crippen LogP contribution is 2.24. The molecule has 3 aromatic rings. The van der Waals surface area contributed by atoms with Crippen molar-refractivity contribution in [3.05, 3.63) is 48.2 Å². The molecule has 0 aliphatic carbocycles. The first-order valence-corrected chi connectivity index (χ1v) is 8.76. The summed E-state index contributed by atoms with van der Waals surface area (Å²) >= 11 is 0. The number of urea groups is 1. The van der Waals surface area contributed by atoms with Crippen LogP contribution < -0.4 is 15.4 Å². The van der Waals surface area contributed by atoms with Crippen molar-refractivity contribution in [2.75, 3.05) is 25.1 Å². The first-order chi connectivity index (χ1) is 14.4. The van der Waals surface area contributed by atoms with E-state index < -0.39 is 25.0 Å². The van der Waals surface area contributed by atoms with E-state index in [4.69, 9.17) is 4.74 Å². The Morgan fingerprint density at radius 3 is 2.70 bits per heavy atom. The first-order valence-electron chi connectivity index (χ1n) is 8.76. The summed E-state index contributed by atoms with van der Waals surface area (Å²) < 4.78 is 44.7. The molecule has 0 unspecified atom stereocenters. The number of hydrogen-bond donors (Lipinski definition) is 4. The lowest BCUT2D eigenvalue weighted by Gasteiger charge is -2.17. The second-order valence-electron chi connectivity index (χ2n) is 6.03. The third-order valence-electron chi connectivity index (χ3n) is 3.93. The number of aliphatic hydroxyl groups excluding tert-OH is 1. The number of fused-ring (bicyclic) bond motifs is 1. The molecule has 30 heavy (non-hydrogen) atoms. The van der Waals surface area contributed by atoms with Gasteiger partial charge in [0, 0.05) is 12.3 Å². The number of halogens is 3. The molecule has 1 aromatic carbocycles. The highest BCUT2D eigenvalue weighted by atomic mass is 19.4. The van der Waals surface area contributed by atoms with Crippen molar-refractivity contribution in [3.63, 3.8) is 0 Å². The maximum Gasteiger partial charge on any atom is 0.522 e. The van der Waals surface area contributed by atoms with Crippen molar-refractivity contribution in [3.8, 4) is 5.88 Å². The topological polar surface area (TPSA) is 121 Å². The third-order valence-corrected chi connectivity index (χ3v) is 3.93. The number of carbonyl (C=O) groups excluding carboxylic acids is 1. The summed E-state index contributed by atoms with van der Waals surface area (Å²) in [6.07, 6.45) is -3.37. The van der Waals surface area contributed by atoms with Crippen molar-refractivity contribution in [1.82, 2.24) is 20.5 Å². The van der Waals surface area contributed by atoms with E-state index in [0.29, 0.717) is 10.9 Å². The number of benzene rings is 1. The number of amides is 2. The number of anilines is 1. The lowest BCUT2D eigenvalue weighted by atomic mass is 10.1. The minimum Gasteiger partial charge on any atom is -0.474 e. The fraction of sp³-hybridized carbons (Fsp3) is 0.278. The van der Waals surface area contributed by atoms with Gasteiger partial charge in [-0.3, -0.25) is 15.2 Å². The fourth-order valence-corrected chi connectivity index (χ4v) is 2.59. The van der Waals surface area contributed by atoms with Crippen LogP contribution >= 0.6 is 0 Å². The zero-order valence-corrected chi connectivity index (χ0v) is 15.4. The van der Waals surface area contributed by atoms with Gasteiger partial charge in [0.2, 0.25) is 5.88 Å². The predicted molar refractivity (Wildman–Crippen MR) is 99.8 cm³/mol. The number of ether oxygens (including phenoxy) is 2. The summed E-state index contributed by atoms with van der Waals surface area (Å²) in [7, 11) is 0. The minimum absolute atomic E-state index is 0.0590. The molecule has 4 N–H and O–H groups in total. The predicted octanol–water partition coefficient (Wildman–Crippen LogP) is 2.73. The van der Waals surface area contributed by atoms with Gasteiger partial charge in [0.1, 0.15) is 12.4 Å².